The second-order valence-corrected chi connectivity index (χ2v) is 10.9. The first-order valence-corrected chi connectivity index (χ1v) is 13.9. The first kappa shape index (κ1) is 25.5. The number of nitrogens with zero attached hydrogens (tertiary/aromatic N) is 5. The van der Waals surface area contributed by atoms with Crippen LogP contribution in [-0.2, 0) is 9.53 Å². The third-order valence-electron chi connectivity index (χ3n) is 8.56. The molecule has 4 heterocycles. The molecule has 0 unspecified atom stereocenters. The smallest absolute Gasteiger partial charge is 0.246 e. The molecular formula is C32H31FN6O2. The number of amides is 1. The summed E-state index contributed by atoms with van der Waals surface area (Å²) >= 11 is 0. The molecular weight excluding hydrogens is 519 g/mol. The zero-order chi connectivity index (χ0) is 28.2. The second-order valence-electron chi connectivity index (χ2n) is 10.9. The number of halogens is 1. The molecule has 2 saturated heterocycles. The summed E-state index contributed by atoms with van der Waals surface area (Å²) in [5, 5.41) is 10.5. The van der Waals surface area contributed by atoms with Gasteiger partial charge in [-0.05, 0) is 54.0 Å². The molecule has 5 aromatic rings. The number of aromatic amines is 1. The minimum absolute atomic E-state index is 0.0913. The highest BCUT2D eigenvalue weighted by Gasteiger charge is 2.31. The monoisotopic (exact) mass is 550 g/mol. The fourth-order valence-electron chi connectivity index (χ4n) is 6.23. The van der Waals surface area contributed by atoms with E-state index in [1.54, 1.807) is 12.0 Å². The van der Waals surface area contributed by atoms with Crippen LogP contribution >= 0.6 is 0 Å². The second kappa shape index (κ2) is 9.85. The Bertz CT molecular complexity index is 1840. The summed E-state index contributed by atoms with van der Waals surface area (Å²) in [5.74, 6) is 0.416. The van der Waals surface area contributed by atoms with Crippen LogP contribution in [0.4, 0.5) is 15.9 Å². The maximum atomic E-state index is 16.6. The van der Waals surface area contributed by atoms with Crippen molar-refractivity contribution in [1.29, 1.82) is 0 Å². The molecule has 1 amide bonds. The van der Waals surface area contributed by atoms with Gasteiger partial charge in [-0.2, -0.15) is 5.10 Å². The zero-order valence-electron chi connectivity index (χ0n) is 23.2. The van der Waals surface area contributed by atoms with E-state index in [-0.39, 0.29) is 17.8 Å². The molecule has 2 aliphatic heterocycles. The number of pyridine rings is 1. The van der Waals surface area contributed by atoms with E-state index in [9.17, 15) is 4.79 Å². The van der Waals surface area contributed by atoms with Gasteiger partial charge < -0.3 is 19.4 Å². The van der Waals surface area contributed by atoms with Gasteiger partial charge in [-0.3, -0.25) is 9.89 Å². The van der Waals surface area contributed by atoms with Crippen molar-refractivity contribution in [2.24, 2.45) is 0 Å². The summed E-state index contributed by atoms with van der Waals surface area (Å²) in [5.41, 5.74) is 5.48. The number of benzene rings is 3. The highest BCUT2D eigenvalue weighted by Crippen LogP contribution is 2.40. The van der Waals surface area contributed by atoms with Crippen molar-refractivity contribution in [3.63, 3.8) is 0 Å². The third kappa shape index (κ3) is 4.11. The highest BCUT2D eigenvalue weighted by atomic mass is 19.1. The number of piperazine rings is 1. The van der Waals surface area contributed by atoms with Gasteiger partial charge in [-0.25, -0.2) is 9.37 Å². The predicted octanol–water partition coefficient (Wildman–Crippen LogP) is 5.05. The van der Waals surface area contributed by atoms with E-state index in [4.69, 9.17) is 9.72 Å². The maximum Gasteiger partial charge on any atom is 0.246 e. The molecule has 0 bridgehead atoms. The van der Waals surface area contributed by atoms with Crippen molar-refractivity contribution in [3.05, 3.63) is 72.7 Å². The summed E-state index contributed by atoms with van der Waals surface area (Å²) in [6, 6.07) is 14.1. The molecule has 41 heavy (non-hydrogen) atoms. The first-order chi connectivity index (χ1) is 20.0. The van der Waals surface area contributed by atoms with E-state index in [2.05, 4.69) is 40.7 Å². The molecule has 3 aromatic carbocycles. The Labute approximate surface area is 237 Å². The topological polar surface area (TPSA) is 77.6 Å². The van der Waals surface area contributed by atoms with Gasteiger partial charge in [0.25, 0.3) is 0 Å². The lowest BCUT2D eigenvalue weighted by Crippen LogP contribution is -2.52. The number of fused-ring (bicyclic) bond motifs is 4. The van der Waals surface area contributed by atoms with Crippen molar-refractivity contribution in [3.8, 4) is 11.1 Å². The summed E-state index contributed by atoms with van der Waals surface area (Å²) in [7, 11) is 1.72. The zero-order valence-corrected chi connectivity index (χ0v) is 23.2. The largest absolute Gasteiger partial charge is 0.378 e. The van der Waals surface area contributed by atoms with Gasteiger partial charge in [0.05, 0.1) is 29.0 Å². The average molecular weight is 551 g/mol. The standard InChI is InChI=1S/C32H31FN6O2/c1-4-28(40)38-13-11-37(12-14-38)27-10-8-23-30(31(27)33)22-7-6-20(29-19(2)5-9-25-24(29)16-34-36-25)15-26(22)35-32(23)39-17-21(18-39)41-3/h4-10,15-16,21H,1,11-14,17-18H2,2-3H3,(H,34,36). The molecule has 7 rings (SSSR count). The van der Waals surface area contributed by atoms with Gasteiger partial charge in [-0.15, -0.1) is 0 Å². The molecule has 0 atom stereocenters. The quantitative estimate of drug-likeness (QED) is 0.244. The Balaban J connectivity index is 1.38. The van der Waals surface area contributed by atoms with Crippen LogP contribution in [0.1, 0.15) is 5.56 Å². The SMILES string of the molecule is C=CC(=O)N1CCN(c2ccc3c(N4CC(OC)C4)nc4cc(-c5c(C)ccc6[nH]ncc56)ccc4c3c2F)CC1. The molecule has 1 N–H and O–H groups in total. The van der Waals surface area contributed by atoms with Crippen LogP contribution in [0.15, 0.2) is 61.3 Å². The summed E-state index contributed by atoms with van der Waals surface area (Å²) < 4.78 is 22.2. The highest BCUT2D eigenvalue weighted by molar-refractivity contribution is 6.13. The number of aryl methyl sites for hydroxylation is 1. The number of rotatable bonds is 5. The van der Waals surface area contributed by atoms with E-state index in [0.29, 0.717) is 50.3 Å². The van der Waals surface area contributed by atoms with Gasteiger partial charge in [0.15, 0.2) is 5.82 Å². The lowest BCUT2D eigenvalue weighted by molar-refractivity contribution is -0.126. The minimum atomic E-state index is -0.260. The Morgan fingerprint density at radius 1 is 1.05 bits per heavy atom. The number of hydrogen-bond acceptors (Lipinski definition) is 6. The van der Waals surface area contributed by atoms with Gasteiger partial charge in [0, 0.05) is 67.9 Å². The Morgan fingerprint density at radius 3 is 2.59 bits per heavy atom. The van der Waals surface area contributed by atoms with E-state index in [0.717, 1.165) is 49.7 Å². The van der Waals surface area contributed by atoms with Crippen LogP contribution in [0.3, 0.4) is 0 Å². The Hall–Kier alpha value is -4.50. The summed E-state index contributed by atoms with van der Waals surface area (Å²) in [6.45, 7) is 9.25. The molecule has 208 valence electrons. The van der Waals surface area contributed by atoms with Crippen molar-refractivity contribution < 1.29 is 13.9 Å². The molecule has 2 aliphatic rings. The number of nitrogens with one attached hydrogen (secondary N) is 1. The fourth-order valence-corrected chi connectivity index (χ4v) is 6.23. The van der Waals surface area contributed by atoms with E-state index >= 15 is 4.39 Å². The number of carbonyl (C=O) groups is 1. The van der Waals surface area contributed by atoms with Crippen LogP contribution in [0, 0.1) is 12.7 Å². The Kier molecular flexibility index (Phi) is 6.12. The number of aromatic nitrogens is 3. The van der Waals surface area contributed by atoms with Gasteiger partial charge in [-0.1, -0.05) is 24.8 Å². The first-order valence-electron chi connectivity index (χ1n) is 13.9. The molecule has 0 spiro atoms. The Morgan fingerprint density at radius 2 is 1.83 bits per heavy atom. The van der Waals surface area contributed by atoms with Gasteiger partial charge in [0.1, 0.15) is 5.82 Å². The number of carbonyl (C=O) groups excluding carboxylic acids is 1. The van der Waals surface area contributed by atoms with Crippen LogP contribution in [0.25, 0.3) is 43.7 Å². The van der Waals surface area contributed by atoms with Crippen LogP contribution in [0.2, 0.25) is 0 Å². The average Bonchev–Trinajstić information content (AvgIpc) is 3.45. The summed E-state index contributed by atoms with van der Waals surface area (Å²) in [4.78, 5) is 23.1. The minimum Gasteiger partial charge on any atom is -0.378 e. The van der Waals surface area contributed by atoms with Crippen LogP contribution in [-0.4, -0.2) is 78.5 Å². The van der Waals surface area contributed by atoms with Crippen molar-refractivity contribution in [2.75, 3.05) is 56.2 Å². The number of hydrogen-bond donors (Lipinski definition) is 1. The van der Waals surface area contributed by atoms with Crippen molar-refractivity contribution in [2.45, 2.75) is 13.0 Å². The molecule has 0 radical (unpaired) electrons. The number of anilines is 2. The molecule has 2 aromatic heterocycles. The lowest BCUT2D eigenvalue weighted by atomic mass is 9.94. The molecule has 9 heteroatoms. The fraction of sp³-hybridized carbons (Fsp3) is 0.281. The van der Waals surface area contributed by atoms with Crippen molar-refractivity contribution in [1.82, 2.24) is 20.1 Å². The molecule has 0 saturated carbocycles. The van der Waals surface area contributed by atoms with Gasteiger partial charge in [0.2, 0.25) is 5.91 Å². The number of H-pyrrole nitrogens is 1. The van der Waals surface area contributed by atoms with Crippen molar-refractivity contribution >= 4 is 50.0 Å². The van der Waals surface area contributed by atoms with E-state index in [1.165, 1.54) is 6.08 Å². The summed E-state index contributed by atoms with van der Waals surface area (Å²) in [6.07, 6.45) is 3.31. The van der Waals surface area contributed by atoms with E-state index < -0.39 is 0 Å². The van der Waals surface area contributed by atoms with Crippen LogP contribution in [0.5, 0.6) is 0 Å². The maximum absolute atomic E-state index is 16.6. The molecule has 0 aliphatic carbocycles. The van der Waals surface area contributed by atoms with Gasteiger partial charge >= 0.3 is 0 Å². The number of methoxy groups -OCH3 is 1. The van der Waals surface area contributed by atoms with Crippen LogP contribution < -0.4 is 9.80 Å². The molecule has 2 fully saturated rings. The molecule has 8 nitrogen and oxygen atoms in total. The number of ether oxygens (including phenoxy) is 1. The normalized spacial score (nSPS) is 16.1. The van der Waals surface area contributed by atoms with E-state index in [1.807, 2.05) is 41.4 Å². The lowest BCUT2D eigenvalue weighted by Gasteiger charge is -2.40. The predicted molar refractivity (Wildman–Crippen MR) is 161 cm³/mol. The third-order valence-corrected chi connectivity index (χ3v) is 8.56.